The highest BCUT2D eigenvalue weighted by Gasteiger charge is 2.31. The molecule has 1 N–H and O–H groups in total. The molecular formula is C21H30N4O3S2. The van der Waals surface area contributed by atoms with Crippen LogP contribution in [0.4, 0.5) is 5.13 Å². The molecule has 0 bridgehead atoms. The number of hydrogen-bond acceptors (Lipinski definition) is 7. The van der Waals surface area contributed by atoms with Crippen molar-refractivity contribution < 1.29 is 13.2 Å². The Labute approximate surface area is 183 Å². The highest BCUT2D eigenvalue weighted by Crippen LogP contribution is 2.27. The summed E-state index contributed by atoms with van der Waals surface area (Å²) in [7, 11) is -3.62. The molecule has 1 fully saturated rings. The summed E-state index contributed by atoms with van der Waals surface area (Å²) in [4.78, 5) is 12.8. The summed E-state index contributed by atoms with van der Waals surface area (Å²) in [6, 6.07) is 6.32. The Kier molecular flexibility index (Phi) is 7.26. The van der Waals surface area contributed by atoms with Gasteiger partial charge in [-0.05, 0) is 36.3 Å². The third-order valence-electron chi connectivity index (χ3n) is 5.08. The fraction of sp³-hybridized carbons (Fsp3) is 0.571. The van der Waals surface area contributed by atoms with E-state index in [1.807, 2.05) is 0 Å². The smallest absolute Gasteiger partial charge is 0.243 e. The monoisotopic (exact) mass is 450 g/mol. The molecule has 1 saturated heterocycles. The number of anilines is 1. The second-order valence-electron chi connectivity index (χ2n) is 8.67. The number of piperidine rings is 1. The number of rotatable bonds is 8. The number of hydrogen-bond donors (Lipinski definition) is 1. The number of aromatic nitrogens is 2. The van der Waals surface area contributed by atoms with Crippen LogP contribution >= 0.6 is 11.3 Å². The molecule has 2 unspecified atom stereocenters. The number of nitrogens with zero attached hydrogens (tertiary/aromatic N) is 3. The maximum Gasteiger partial charge on any atom is 0.243 e. The summed E-state index contributed by atoms with van der Waals surface area (Å²) in [5.74, 6) is 0.950. The molecule has 2 heterocycles. The summed E-state index contributed by atoms with van der Waals surface area (Å²) in [6.45, 7) is 9.45. The van der Waals surface area contributed by atoms with E-state index in [1.54, 1.807) is 22.5 Å². The van der Waals surface area contributed by atoms with E-state index in [4.69, 9.17) is 0 Å². The Morgan fingerprint density at radius 1 is 1.23 bits per heavy atom. The molecule has 1 aliphatic heterocycles. The van der Waals surface area contributed by atoms with Gasteiger partial charge in [-0.15, -0.1) is 10.2 Å². The lowest BCUT2D eigenvalue weighted by atomic mass is 9.94. The number of sulfonamides is 1. The first kappa shape index (κ1) is 22.8. The van der Waals surface area contributed by atoms with E-state index in [9.17, 15) is 13.2 Å². The molecule has 0 amide bonds. The minimum atomic E-state index is -3.62. The second kappa shape index (κ2) is 9.53. The number of carbonyl (C=O) groups is 1. The number of nitrogens with one attached hydrogen (secondary N) is 1. The topological polar surface area (TPSA) is 92.3 Å². The number of carbonyl (C=O) groups excluding carboxylic acids is 1. The van der Waals surface area contributed by atoms with Crippen LogP contribution in [0.5, 0.6) is 0 Å². The molecule has 0 spiro atoms. The summed E-state index contributed by atoms with van der Waals surface area (Å²) < 4.78 is 27.8. The van der Waals surface area contributed by atoms with Crippen LogP contribution in [0, 0.1) is 17.8 Å². The highest BCUT2D eigenvalue weighted by molar-refractivity contribution is 7.89. The van der Waals surface area contributed by atoms with Gasteiger partial charge in [-0.3, -0.25) is 4.79 Å². The van der Waals surface area contributed by atoms with Gasteiger partial charge in [0.05, 0.1) is 11.4 Å². The molecule has 0 saturated carbocycles. The van der Waals surface area contributed by atoms with Gasteiger partial charge < -0.3 is 5.32 Å². The maximum absolute atomic E-state index is 13.1. The average Bonchev–Trinajstić information content (AvgIpc) is 3.12. The predicted molar refractivity (Wildman–Crippen MR) is 119 cm³/mol. The lowest BCUT2D eigenvalue weighted by Gasteiger charge is -2.34. The highest BCUT2D eigenvalue weighted by atomic mass is 32.2. The molecule has 0 aliphatic carbocycles. The van der Waals surface area contributed by atoms with Crippen molar-refractivity contribution in [2.24, 2.45) is 17.8 Å². The van der Waals surface area contributed by atoms with E-state index in [1.165, 1.54) is 17.4 Å². The molecule has 2 aromatic rings. The summed E-state index contributed by atoms with van der Waals surface area (Å²) in [5, 5.41) is 12.7. The predicted octanol–water partition coefficient (Wildman–Crippen LogP) is 3.70. The zero-order chi connectivity index (χ0) is 21.9. The van der Waals surface area contributed by atoms with E-state index < -0.39 is 10.0 Å². The van der Waals surface area contributed by atoms with Crippen molar-refractivity contribution in [3.05, 3.63) is 34.8 Å². The minimum Gasteiger partial charge on any atom is -0.353 e. The summed E-state index contributed by atoms with van der Waals surface area (Å²) >= 11 is 1.44. The van der Waals surface area contributed by atoms with Crippen LogP contribution in [-0.4, -0.2) is 48.3 Å². The minimum absolute atomic E-state index is 0.0393. The largest absolute Gasteiger partial charge is 0.353 e. The van der Waals surface area contributed by atoms with Crippen molar-refractivity contribution in [3.63, 3.8) is 0 Å². The molecule has 1 aromatic carbocycles. The van der Waals surface area contributed by atoms with Gasteiger partial charge in [0.15, 0.2) is 5.78 Å². The van der Waals surface area contributed by atoms with Gasteiger partial charge in [-0.2, -0.15) is 4.31 Å². The number of ketones is 1. The standard InChI is InChI=1S/C21H30N4O3S2/c1-14(2)8-20-23-24-21(29-20)22-11-19(26)17-6-5-7-18(10-17)30(27,28)25-12-15(3)9-16(4)13-25/h5-7,10,14-16H,8-9,11-13H2,1-4H3,(H,22,24). The van der Waals surface area contributed by atoms with Crippen molar-refractivity contribution in [2.45, 2.75) is 45.4 Å². The molecule has 30 heavy (non-hydrogen) atoms. The van der Waals surface area contributed by atoms with Crippen LogP contribution in [0.1, 0.15) is 49.5 Å². The normalized spacial score (nSPS) is 20.4. The third kappa shape index (κ3) is 5.65. The lowest BCUT2D eigenvalue weighted by Crippen LogP contribution is -2.42. The van der Waals surface area contributed by atoms with Crippen LogP contribution in [0.25, 0.3) is 0 Å². The lowest BCUT2D eigenvalue weighted by molar-refractivity contribution is 0.101. The molecule has 1 aliphatic rings. The van der Waals surface area contributed by atoms with Crippen LogP contribution in [0.2, 0.25) is 0 Å². The van der Waals surface area contributed by atoms with E-state index in [0.717, 1.165) is 17.8 Å². The van der Waals surface area contributed by atoms with Gasteiger partial charge >= 0.3 is 0 Å². The zero-order valence-corrected chi connectivity index (χ0v) is 19.6. The van der Waals surface area contributed by atoms with E-state index >= 15 is 0 Å². The molecule has 3 rings (SSSR count). The van der Waals surface area contributed by atoms with Crippen molar-refractivity contribution in [1.82, 2.24) is 14.5 Å². The average molecular weight is 451 g/mol. The van der Waals surface area contributed by atoms with Gasteiger partial charge in [0.25, 0.3) is 0 Å². The quantitative estimate of drug-likeness (QED) is 0.617. The zero-order valence-electron chi connectivity index (χ0n) is 18.0. The first-order valence-corrected chi connectivity index (χ1v) is 12.6. The van der Waals surface area contributed by atoms with Crippen molar-refractivity contribution in [2.75, 3.05) is 25.0 Å². The molecule has 0 radical (unpaired) electrons. The Hall–Kier alpha value is -1.84. The van der Waals surface area contributed by atoms with Gasteiger partial charge in [-0.1, -0.05) is 51.2 Å². The van der Waals surface area contributed by atoms with Gasteiger partial charge in [0, 0.05) is 25.1 Å². The van der Waals surface area contributed by atoms with Crippen molar-refractivity contribution in [1.29, 1.82) is 0 Å². The van der Waals surface area contributed by atoms with Crippen molar-refractivity contribution in [3.8, 4) is 0 Å². The third-order valence-corrected chi connectivity index (χ3v) is 7.81. The summed E-state index contributed by atoms with van der Waals surface area (Å²) in [6.07, 6.45) is 1.88. The van der Waals surface area contributed by atoms with Gasteiger partial charge in [0.2, 0.25) is 15.2 Å². The van der Waals surface area contributed by atoms with Crippen LogP contribution in [0.15, 0.2) is 29.2 Å². The first-order valence-electron chi connectivity index (χ1n) is 10.3. The fourth-order valence-electron chi connectivity index (χ4n) is 3.80. The Balaban J connectivity index is 1.68. The maximum atomic E-state index is 13.1. The SMILES string of the molecule is CC(C)Cc1nnc(NCC(=O)c2cccc(S(=O)(=O)N3CC(C)CC(C)C3)c2)s1. The van der Waals surface area contributed by atoms with E-state index in [2.05, 4.69) is 43.2 Å². The van der Waals surface area contributed by atoms with Gasteiger partial charge in [-0.25, -0.2) is 8.42 Å². The molecule has 1 aromatic heterocycles. The number of benzene rings is 1. The van der Waals surface area contributed by atoms with Crippen LogP contribution < -0.4 is 5.32 Å². The Bertz CT molecular complexity index is 978. The molecule has 9 heteroatoms. The van der Waals surface area contributed by atoms with Crippen LogP contribution in [0.3, 0.4) is 0 Å². The molecule has 7 nitrogen and oxygen atoms in total. The van der Waals surface area contributed by atoms with E-state index in [0.29, 0.717) is 41.5 Å². The van der Waals surface area contributed by atoms with E-state index in [-0.39, 0.29) is 17.2 Å². The molecule has 2 atom stereocenters. The molecular weight excluding hydrogens is 420 g/mol. The summed E-state index contributed by atoms with van der Waals surface area (Å²) in [5.41, 5.74) is 0.369. The number of Topliss-reactive ketones (excluding diaryl/α,β-unsaturated/α-hetero) is 1. The van der Waals surface area contributed by atoms with Gasteiger partial charge in [0.1, 0.15) is 5.01 Å². The van der Waals surface area contributed by atoms with Crippen LogP contribution in [-0.2, 0) is 16.4 Å². The first-order chi connectivity index (χ1) is 14.1. The fourth-order valence-corrected chi connectivity index (χ4v) is 6.47. The molecule has 164 valence electrons. The van der Waals surface area contributed by atoms with Crippen molar-refractivity contribution >= 4 is 32.3 Å². The second-order valence-corrected chi connectivity index (χ2v) is 11.7. The Morgan fingerprint density at radius 2 is 1.93 bits per heavy atom. The Morgan fingerprint density at radius 3 is 2.60 bits per heavy atom.